The summed E-state index contributed by atoms with van der Waals surface area (Å²) in [4.78, 5) is 30.0. The van der Waals surface area contributed by atoms with Crippen LogP contribution in [0, 0.1) is 5.95 Å². The number of carbonyl (C=O) groups excluding carboxylic acids is 2. The van der Waals surface area contributed by atoms with Crippen molar-refractivity contribution in [1.29, 1.82) is 0 Å². The summed E-state index contributed by atoms with van der Waals surface area (Å²) < 4.78 is 18.1. The fourth-order valence-electron chi connectivity index (χ4n) is 2.76. The number of pyridine rings is 1. The van der Waals surface area contributed by atoms with Crippen molar-refractivity contribution >= 4 is 29.1 Å². The van der Waals surface area contributed by atoms with Crippen LogP contribution in [0.3, 0.4) is 0 Å². The van der Waals surface area contributed by atoms with Gasteiger partial charge in [0.05, 0.1) is 11.4 Å². The van der Waals surface area contributed by atoms with E-state index in [4.69, 9.17) is 10.5 Å². The van der Waals surface area contributed by atoms with Crippen LogP contribution < -0.4 is 16.4 Å². The lowest BCUT2D eigenvalue weighted by Gasteiger charge is -2.12. The molecule has 0 spiro atoms. The van der Waals surface area contributed by atoms with E-state index >= 15 is 0 Å². The molecule has 8 nitrogen and oxygen atoms in total. The molecule has 0 unspecified atom stereocenters. The fourth-order valence-corrected chi connectivity index (χ4v) is 2.76. The Labute approximate surface area is 185 Å². The second kappa shape index (κ2) is 10.4. The molecule has 2 amide bonds. The number of ether oxygens (including phenoxy) is 1. The van der Waals surface area contributed by atoms with Gasteiger partial charge in [-0.25, -0.2) is 9.78 Å². The second-order valence-electron chi connectivity index (χ2n) is 7.27. The number of amides is 2. The Bertz CT molecular complexity index is 1090. The van der Waals surface area contributed by atoms with Gasteiger partial charge in [-0.15, -0.1) is 0 Å². The van der Waals surface area contributed by atoms with Crippen molar-refractivity contribution in [3.8, 4) is 11.1 Å². The number of halogens is 1. The van der Waals surface area contributed by atoms with Crippen molar-refractivity contribution in [3.63, 3.8) is 0 Å². The van der Waals surface area contributed by atoms with Crippen LogP contribution in [0.25, 0.3) is 11.1 Å². The SMILES string of the molecule is CN(C)CCOC(=O)Nc1ccc(C(=O)Nc2cc(-c3ccc(F)nc3)ccc2N)cc1. The smallest absolute Gasteiger partial charge is 0.411 e. The normalized spacial score (nSPS) is 10.6. The van der Waals surface area contributed by atoms with Crippen LogP contribution in [-0.2, 0) is 4.74 Å². The van der Waals surface area contributed by atoms with Gasteiger partial charge in [0.15, 0.2) is 0 Å². The third-order valence-electron chi connectivity index (χ3n) is 4.53. The molecule has 1 heterocycles. The summed E-state index contributed by atoms with van der Waals surface area (Å²) in [6.07, 6.45) is 0.841. The summed E-state index contributed by atoms with van der Waals surface area (Å²) in [6, 6.07) is 14.3. The fraction of sp³-hybridized carbons (Fsp3) is 0.174. The molecule has 3 aromatic rings. The average molecular weight is 437 g/mol. The number of nitrogens with one attached hydrogen (secondary N) is 2. The number of carbonyl (C=O) groups is 2. The van der Waals surface area contributed by atoms with Crippen LogP contribution in [0.2, 0.25) is 0 Å². The summed E-state index contributed by atoms with van der Waals surface area (Å²) in [5.74, 6) is -0.941. The third kappa shape index (κ3) is 6.26. The van der Waals surface area contributed by atoms with Gasteiger partial charge in [-0.1, -0.05) is 6.07 Å². The van der Waals surface area contributed by atoms with Crippen LogP contribution in [0.15, 0.2) is 60.8 Å². The van der Waals surface area contributed by atoms with E-state index < -0.39 is 12.0 Å². The zero-order valence-corrected chi connectivity index (χ0v) is 17.8. The third-order valence-corrected chi connectivity index (χ3v) is 4.53. The minimum atomic E-state index is -0.572. The molecule has 0 aliphatic carbocycles. The maximum Gasteiger partial charge on any atom is 0.411 e. The van der Waals surface area contributed by atoms with E-state index in [1.165, 1.54) is 12.3 Å². The first-order valence-electron chi connectivity index (χ1n) is 9.83. The summed E-state index contributed by atoms with van der Waals surface area (Å²) >= 11 is 0. The molecule has 0 bridgehead atoms. The minimum absolute atomic E-state index is 0.272. The number of anilines is 3. The van der Waals surface area contributed by atoms with Crippen molar-refractivity contribution in [2.75, 3.05) is 43.6 Å². The molecule has 166 valence electrons. The zero-order chi connectivity index (χ0) is 23.1. The molecular weight excluding hydrogens is 413 g/mol. The molecule has 0 saturated carbocycles. The highest BCUT2D eigenvalue weighted by Gasteiger charge is 2.11. The number of benzene rings is 2. The molecule has 2 aromatic carbocycles. The molecule has 9 heteroatoms. The Morgan fingerprint density at radius 1 is 1.03 bits per heavy atom. The number of hydrogen-bond donors (Lipinski definition) is 3. The van der Waals surface area contributed by atoms with Crippen LogP contribution >= 0.6 is 0 Å². The van der Waals surface area contributed by atoms with Gasteiger partial charge in [0.2, 0.25) is 5.95 Å². The lowest BCUT2D eigenvalue weighted by atomic mass is 10.1. The van der Waals surface area contributed by atoms with E-state index in [1.807, 2.05) is 19.0 Å². The zero-order valence-electron chi connectivity index (χ0n) is 17.8. The quantitative estimate of drug-likeness (QED) is 0.383. The van der Waals surface area contributed by atoms with Crippen molar-refractivity contribution < 1.29 is 18.7 Å². The number of nitrogen functional groups attached to an aromatic ring is 1. The summed E-state index contributed by atoms with van der Waals surface area (Å²) in [5.41, 5.74) is 9.11. The number of nitrogens with zero attached hydrogens (tertiary/aromatic N) is 2. The van der Waals surface area contributed by atoms with Crippen LogP contribution in [0.1, 0.15) is 10.4 Å². The topological polar surface area (TPSA) is 110 Å². The maximum absolute atomic E-state index is 13.1. The summed E-state index contributed by atoms with van der Waals surface area (Å²) in [6.45, 7) is 0.891. The molecule has 1 aromatic heterocycles. The highest BCUT2D eigenvalue weighted by Crippen LogP contribution is 2.27. The van der Waals surface area contributed by atoms with Gasteiger partial charge in [-0.2, -0.15) is 4.39 Å². The molecule has 4 N–H and O–H groups in total. The first-order valence-corrected chi connectivity index (χ1v) is 9.83. The van der Waals surface area contributed by atoms with Crippen molar-refractivity contribution in [1.82, 2.24) is 9.88 Å². The van der Waals surface area contributed by atoms with E-state index in [9.17, 15) is 14.0 Å². The molecule has 0 aliphatic heterocycles. The maximum atomic E-state index is 13.1. The largest absolute Gasteiger partial charge is 0.448 e. The van der Waals surface area contributed by atoms with E-state index in [2.05, 4.69) is 15.6 Å². The highest BCUT2D eigenvalue weighted by molar-refractivity contribution is 6.06. The first kappa shape index (κ1) is 22.7. The number of hydrogen-bond acceptors (Lipinski definition) is 6. The Morgan fingerprint density at radius 3 is 2.41 bits per heavy atom. The molecule has 0 atom stereocenters. The summed E-state index contributed by atoms with van der Waals surface area (Å²) in [7, 11) is 3.77. The van der Waals surface area contributed by atoms with Gasteiger partial charge < -0.3 is 20.7 Å². The van der Waals surface area contributed by atoms with E-state index in [-0.39, 0.29) is 12.5 Å². The van der Waals surface area contributed by atoms with Crippen LogP contribution in [-0.4, -0.2) is 49.1 Å². The van der Waals surface area contributed by atoms with Crippen LogP contribution in [0.4, 0.5) is 26.2 Å². The van der Waals surface area contributed by atoms with Gasteiger partial charge in [-0.3, -0.25) is 10.1 Å². The van der Waals surface area contributed by atoms with Gasteiger partial charge in [0.1, 0.15) is 6.61 Å². The highest BCUT2D eigenvalue weighted by atomic mass is 19.1. The van der Waals surface area contributed by atoms with Crippen molar-refractivity contribution in [3.05, 3.63) is 72.3 Å². The van der Waals surface area contributed by atoms with E-state index in [0.717, 1.165) is 5.56 Å². The predicted molar refractivity (Wildman–Crippen MR) is 122 cm³/mol. The first-order chi connectivity index (χ1) is 15.3. The Balaban J connectivity index is 1.64. The van der Waals surface area contributed by atoms with Crippen LogP contribution in [0.5, 0.6) is 0 Å². The van der Waals surface area contributed by atoms with E-state index in [0.29, 0.717) is 34.7 Å². The minimum Gasteiger partial charge on any atom is -0.448 e. The molecule has 0 saturated heterocycles. The number of likely N-dealkylation sites (N-methyl/N-ethyl adjacent to an activating group) is 1. The average Bonchev–Trinajstić information content (AvgIpc) is 2.76. The van der Waals surface area contributed by atoms with Gasteiger partial charge in [0, 0.05) is 29.6 Å². The lowest BCUT2D eigenvalue weighted by molar-refractivity contribution is 0.102. The van der Waals surface area contributed by atoms with Gasteiger partial charge in [0.25, 0.3) is 5.91 Å². The monoisotopic (exact) mass is 437 g/mol. The molecule has 0 radical (unpaired) electrons. The van der Waals surface area contributed by atoms with Gasteiger partial charge in [-0.05, 0) is 68.2 Å². The Kier molecular flexibility index (Phi) is 7.35. The summed E-state index contributed by atoms with van der Waals surface area (Å²) in [5, 5.41) is 5.38. The molecule has 32 heavy (non-hydrogen) atoms. The number of aromatic nitrogens is 1. The second-order valence-corrected chi connectivity index (χ2v) is 7.27. The van der Waals surface area contributed by atoms with Crippen molar-refractivity contribution in [2.24, 2.45) is 0 Å². The Morgan fingerprint density at radius 2 is 1.75 bits per heavy atom. The van der Waals surface area contributed by atoms with Gasteiger partial charge >= 0.3 is 6.09 Å². The Hall–Kier alpha value is -3.98. The van der Waals surface area contributed by atoms with E-state index in [1.54, 1.807) is 48.5 Å². The predicted octanol–water partition coefficient (Wildman–Crippen LogP) is 3.83. The molecule has 3 rings (SSSR count). The molecule has 0 fully saturated rings. The number of nitrogens with two attached hydrogens (primary N) is 1. The molecule has 0 aliphatic rings. The number of rotatable bonds is 7. The molecular formula is C23H24FN5O3. The standard InChI is InChI=1S/C23H24FN5O3/c1-29(2)11-12-32-23(31)27-18-7-3-15(4-8-18)22(30)28-20-13-16(5-9-19(20)25)17-6-10-21(24)26-14-17/h3-10,13-14H,11-12,25H2,1-2H3,(H,27,31)(H,28,30). The van der Waals surface area contributed by atoms with Crippen molar-refractivity contribution in [2.45, 2.75) is 0 Å². The lowest BCUT2D eigenvalue weighted by Crippen LogP contribution is -2.22.